The van der Waals surface area contributed by atoms with Crippen molar-refractivity contribution in [1.82, 2.24) is 9.47 Å². The van der Waals surface area contributed by atoms with Gasteiger partial charge in [0.25, 0.3) is 11.6 Å². The maximum absolute atomic E-state index is 13.8. The van der Waals surface area contributed by atoms with Crippen molar-refractivity contribution in [2.75, 3.05) is 6.54 Å². The normalized spacial score (nSPS) is 15.0. The molecule has 4 aromatic rings. The summed E-state index contributed by atoms with van der Waals surface area (Å²) in [4.78, 5) is 26.2. The van der Waals surface area contributed by atoms with Crippen LogP contribution in [-0.4, -0.2) is 26.8 Å². The number of likely N-dealkylation sites (tertiary alicyclic amines) is 1. The van der Waals surface area contributed by atoms with Gasteiger partial charge < -0.3 is 9.47 Å². The molecule has 0 saturated carbocycles. The summed E-state index contributed by atoms with van der Waals surface area (Å²) >= 11 is 12.8. The van der Waals surface area contributed by atoms with Crippen molar-refractivity contribution in [2.24, 2.45) is 0 Å². The van der Waals surface area contributed by atoms with Crippen LogP contribution in [0.15, 0.2) is 66.7 Å². The number of aromatic nitrogens is 1. The molecule has 8 heteroatoms. The molecule has 0 radical (unpaired) electrons. The van der Waals surface area contributed by atoms with Gasteiger partial charge in [0, 0.05) is 40.2 Å². The van der Waals surface area contributed by atoms with E-state index in [4.69, 9.17) is 23.2 Å². The number of benzene rings is 3. The van der Waals surface area contributed by atoms with Crippen molar-refractivity contribution in [3.63, 3.8) is 0 Å². The Morgan fingerprint density at radius 1 is 1.11 bits per heavy atom. The third kappa shape index (κ3) is 4.57. The summed E-state index contributed by atoms with van der Waals surface area (Å²) in [5.41, 5.74) is 4.14. The molecule has 0 bridgehead atoms. The average molecular weight is 532 g/mol. The molecule has 5 rings (SSSR count). The Bertz CT molecular complexity index is 1580. The number of hydrogen-bond acceptors (Lipinski definition) is 3. The van der Waals surface area contributed by atoms with E-state index in [0.29, 0.717) is 18.1 Å². The second-order valence-corrected chi connectivity index (χ2v) is 9.72. The minimum Gasteiger partial charge on any atom is -0.330 e. The van der Waals surface area contributed by atoms with Crippen LogP contribution >= 0.6 is 23.2 Å². The molecule has 2 heterocycles. The summed E-state index contributed by atoms with van der Waals surface area (Å²) in [5, 5.41) is 12.9. The molecule has 37 heavy (non-hydrogen) atoms. The lowest BCUT2D eigenvalue weighted by Crippen LogP contribution is -2.32. The number of rotatable bonds is 5. The Balaban J connectivity index is 1.70. The predicted octanol–water partition coefficient (Wildman–Crippen LogP) is 7.52. The van der Waals surface area contributed by atoms with Crippen LogP contribution in [0.4, 0.5) is 5.69 Å². The highest BCUT2D eigenvalue weighted by atomic mass is 35.5. The van der Waals surface area contributed by atoms with Gasteiger partial charge in [-0.25, -0.2) is 0 Å². The first-order chi connectivity index (χ1) is 17.9. The number of carbonyl (C=O) groups excluding carboxylic acids is 1. The fourth-order valence-corrected chi connectivity index (χ4v) is 5.60. The van der Waals surface area contributed by atoms with Gasteiger partial charge in [0.1, 0.15) is 0 Å². The zero-order valence-electron chi connectivity index (χ0n) is 20.1. The molecule has 0 aliphatic carbocycles. The molecule has 1 unspecified atom stereocenters. The quantitative estimate of drug-likeness (QED) is 0.152. The lowest BCUT2D eigenvalue weighted by atomic mass is 9.97. The second kappa shape index (κ2) is 10.3. The van der Waals surface area contributed by atoms with Gasteiger partial charge in [-0.2, -0.15) is 0 Å². The number of non-ortho nitro benzene ring substituents is 1. The number of fused-ring (bicyclic) bond motifs is 1. The SMILES string of the molecule is CC#CCn1c(C2CCCN2C(=O)c2ccc([N+](=O)[O-])cc2Cl)c(-c2ccccc2)c2cc(Cl)ccc21. The summed E-state index contributed by atoms with van der Waals surface area (Å²) in [7, 11) is 0. The maximum atomic E-state index is 13.8. The van der Waals surface area contributed by atoms with E-state index in [-0.39, 0.29) is 28.2 Å². The first kappa shape index (κ1) is 24.9. The van der Waals surface area contributed by atoms with Crippen molar-refractivity contribution >= 4 is 45.7 Å². The van der Waals surface area contributed by atoms with E-state index in [9.17, 15) is 14.9 Å². The van der Waals surface area contributed by atoms with Crippen LogP contribution in [0, 0.1) is 22.0 Å². The van der Waals surface area contributed by atoms with Gasteiger partial charge in [0.05, 0.1) is 33.8 Å². The third-order valence-electron chi connectivity index (χ3n) is 6.77. The summed E-state index contributed by atoms with van der Waals surface area (Å²) in [6.07, 6.45) is 1.58. The number of carbonyl (C=O) groups is 1. The van der Waals surface area contributed by atoms with Crippen LogP contribution in [0.3, 0.4) is 0 Å². The summed E-state index contributed by atoms with van der Waals surface area (Å²) in [6, 6.07) is 19.7. The van der Waals surface area contributed by atoms with E-state index in [1.165, 1.54) is 18.2 Å². The second-order valence-electron chi connectivity index (χ2n) is 8.88. The van der Waals surface area contributed by atoms with E-state index in [1.807, 2.05) is 48.2 Å². The van der Waals surface area contributed by atoms with Crippen molar-refractivity contribution in [2.45, 2.75) is 32.4 Å². The Labute approximate surface area is 224 Å². The molecule has 186 valence electrons. The minimum atomic E-state index is -0.525. The van der Waals surface area contributed by atoms with Crippen LogP contribution in [0.5, 0.6) is 0 Å². The fraction of sp³-hybridized carbons (Fsp3) is 0.207. The Kier molecular flexibility index (Phi) is 6.92. The summed E-state index contributed by atoms with van der Waals surface area (Å²) in [6.45, 7) is 2.82. The van der Waals surface area contributed by atoms with Gasteiger partial charge in [0.2, 0.25) is 0 Å². The Morgan fingerprint density at radius 2 is 1.89 bits per heavy atom. The Hall–Kier alpha value is -3.79. The monoisotopic (exact) mass is 531 g/mol. The van der Waals surface area contributed by atoms with Crippen molar-refractivity contribution < 1.29 is 9.72 Å². The number of amides is 1. The van der Waals surface area contributed by atoms with Gasteiger partial charge in [-0.1, -0.05) is 59.5 Å². The smallest absolute Gasteiger partial charge is 0.270 e. The molecule has 1 saturated heterocycles. The number of halogens is 2. The summed E-state index contributed by atoms with van der Waals surface area (Å²) < 4.78 is 2.18. The molecule has 1 aliphatic rings. The molecule has 1 aliphatic heterocycles. The lowest BCUT2D eigenvalue weighted by molar-refractivity contribution is -0.384. The van der Waals surface area contributed by atoms with E-state index >= 15 is 0 Å². The van der Waals surface area contributed by atoms with Gasteiger partial charge in [-0.3, -0.25) is 14.9 Å². The highest BCUT2D eigenvalue weighted by Gasteiger charge is 2.36. The molecule has 1 amide bonds. The first-order valence-corrected chi connectivity index (χ1v) is 12.7. The van der Waals surface area contributed by atoms with Crippen LogP contribution in [-0.2, 0) is 6.54 Å². The number of hydrogen-bond donors (Lipinski definition) is 0. The molecule has 6 nitrogen and oxygen atoms in total. The molecular weight excluding hydrogens is 509 g/mol. The first-order valence-electron chi connectivity index (χ1n) is 11.9. The predicted molar refractivity (Wildman–Crippen MR) is 147 cm³/mol. The van der Waals surface area contributed by atoms with Crippen molar-refractivity contribution in [3.05, 3.63) is 98.1 Å². The number of nitrogens with zero attached hydrogens (tertiary/aromatic N) is 3. The zero-order valence-corrected chi connectivity index (χ0v) is 21.6. The van der Waals surface area contributed by atoms with E-state index in [1.54, 1.807) is 0 Å². The van der Waals surface area contributed by atoms with Crippen molar-refractivity contribution in [3.8, 4) is 23.0 Å². The molecule has 1 aromatic heterocycles. The molecule has 0 N–H and O–H groups in total. The maximum Gasteiger partial charge on any atom is 0.270 e. The van der Waals surface area contributed by atoms with Gasteiger partial charge in [-0.15, -0.1) is 5.92 Å². The fourth-order valence-electron chi connectivity index (χ4n) is 5.17. The highest BCUT2D eigenvalue weighted by molar-refractivity contribution is 6.34. The van der Waals surface area contributed by atoms with E-state index in [2.05, 4.69) is 28.5 Å². The Morgan fingerprint density at radius 3 is 2.59 bits per heavy atom. The van der Waals surface area contributed by atoms with Crippen molar-refractivity contribution in [1.29, 1.82) is 0 Å². The van der Waals surface area contributed by atoms with Crippen LogP contribution < -0.4 is 0 Å². The van der Waals surface area contributed by atoms with Gasteiger partial charge >= 0.3 is 0 Å². The van der Waals surface area contributed by atoms with E-state index in [0.717, 1.165) is 40.6 Å². The molecule has 0 spiro atoms. The molecule has 3 aromatic carbocycles. The molecular formula is C29H23Cl2N3O3. The van der Waals surface area contributed by atoms with Gasteiger partial charge in [0.15, 0.2) is 0 Å². The van der Waals surface area contributed by atoms with Gasteiger partial charge in [-0.05, 0) is 49.6 Å². The van der Waals surface area contributed by atoms with E-state index < -0.39 is 4.92 Å². The third-order valence-corrected chi connectivity index (χ3v) is 7.31. The lowest BCUT2D eigenvalue weighted by Gasteiger charge is -2.27. The topological polar surface area (TPSA) is 68.4 Å². The molecule has 1 atom stereocenters. The number of nitro benzene ring substituents is 1. The van der Waals surface area contributed by atoms with Crippen LogP contribution in [0.1, 0.15) is 41.9 Å². The van der Waals surface area contributed by atoms with Crippen LogP contribution in [0.2, 0.25) is 10.0 Å². The minimum absolute atomic E-state index is 0.0670. The largest absolute Gasteiger partial charge is 0.330 e. The highest BCUT2D eigenvalue weighted by Crippen LogP contribution is 2.45. The molecule has 1 fully saturated rings. The summed E-state index contributed by atoms with van der Waals surface area (Å²) in [5.74, 6) is 5.93. The van der Waals surface area contributed by atoms with Crippen LogP contribution in [0.25, 0.3) is 22.0 Å². The average Bonchev–Trinajstić information content (AvgIpc) is 3.49. The zero-order chi connectivity index (χ0) is 26.1. The number of nitro groups is 1. The standard InChI is InChI=1S/C29H23Cl2N3O3/c1-2-3-15-32-25-14-11-20(30)17-23(25)27(19-8-5-4-6-9-19)28(32)26-10-7-16-33(26)29(35)22-13-12-21(34(36)37)18-24(22)31/h4-6,8-9,11-14,17-18,26H,7,10,15-16H2,1H3.